The van der Waals surface area contributed by atoms with Gasteiger partial charge in [-0.2, -0.15) is 10.2 Å². The lowest BCUT2D eigenvalue weighted by molar-refractivity contribution is -0.384. The lowest BCUT2D eigenvalue weighted by Crippen LogP contribution is -2.30. The molecule has 8 nitrogen and oxygen atoms in total. The molecule has 140 valence electrons. The molecule has 0 saturated carbocycles. The smallest absolute Gasteiger partial charge is 0.489 e. The Kier molecular flexibility index (Phi) is 6.10. The van der Waals surface area contributed by atoms with Gasteiger partial charge in [0.05, 0.1) is 16.3 Å². The molecule has 28 heavy (non-hydrogen) atoms. The van der Waals surface area contributed by atoms with E-state index >= 15 is 0 Å². The Balaban J connectivity index is 1.76. The van der Waals surface area contributed by atoms with E-state index in [1.807, 2.05) is 30.3 Å². The fourth-order valence-corrected chi connectivity index (χ4v) is 2.41. The molecule has 2 N–H and O–H groups in total. The van der Waals surface area contributed by atoms with Crippen LogP contribution in [0.5, 0.6) is 5.75 Å². The van der Waals surface area contributed by atoms with Crippen LogP contribution in [-0.2, 0) is 6.61 Å². The SMILES string of the molecule is O=[N+]([O-])c1ccc(N=Nc2ccc(OCc3ccccc3)cc2B(O)O)cc1. The van der Waals surface area contributed by atoms with Gasteiger partial charge in [0.15, 0.2) is 0 Å². The minimum Gasteiger partial charge on any atom is -0.489 e. The Labute approximate surface area is 161 Å². The van der Waals surface area contributed by atoms with Gasteiger partial charge in [-0.1, -0.05) is 30.3 Å². The van der Waals surface area contributed by atoms with Gasteiger partial charge in [-0.25, -0.2) is 0 Å². The van der Waals surface area contributed by atoms with Crippen molar-refractivity contribution >= 4 is 29.6 Å². The summed E-state index contributed by atoms with van der Waals surface area (Å²) in [5, 5.41) is 37.9. The summed E-state index contributed by atoms with van der Waals surface area (Å²) in [5.74, 6) is 0.459. The monoisotopic (exact) mass is 377 g/mol. The molecule has 3 aromatic rings. The maximum absolute atomic E-state index is 10.7. The van der Waals surface area contributed by atoms with Crippen LogP contribution in [0.1, 0.15) is 5.56 Å². The highest BCUT2D eigenvalue weighted by Crippen LogP contribution is 2.22. The highest BCUT2D eigenvalue weighted by molar-refractivity contribution is 6.60. The molecule has 0 saturated heterocycles. The average Bonchev–Trinajstić information content (AvgIpc) is 2.72. The number of non-ortho nitro benzene ring substituents is 1. The van der Waals surface area contributed by atoms with Crippen molar-refractivity contribution in [1.82, 2.24) is 0 Å². The van der Waals surface area contributed by atoms with Gasteiger partial charge >= 0.3 is 7.12 Å². The zero-order valence-corrected chi connectivity index (χ0v) is 14.7. The fourth-order valence-electron chi connectivity index (χ4n) is 2.41. The molecule has 0 heterocycles. The molecule has 3 aromatic carbocycles. The highest BCUT2D eigenvalue weighted by atomic mass is 16.6. The summed E-state index contributed by atoms with van der Waals surface area (Å²) in [6.07, 6.45) is 0. The molecule has 0 aliphatic heterocycles. The van der Waals surface area contributed by atoms with E-state index in [2.05, 4.69) is 10.2 Å². The molecule has 9 heteroatoms. The first kappa shape index (κ1) is 19.2. The molecule has 3 rings (SSSR count). The molecule has 0 spiro atoms. The maximum atomic E-state index is 10.7. The van der Waals surface area contributed by atoms with Crippen molar-refractivity contribution in [1.29, 1.82) is 0 Å². The molecule has 0 amide bonds. The van der Waals surface area contributed by atoms with Gasteiger partial charge in [0, 0.05) is 17.6 Å². The minimum absolute atomic E-state index is 0.0506. The Morgan fingerprint density at radius 2 is 1.68 bits per heavy atom. The standard InChI is InChI=1S/C19H16BN3O5/c24-20(25)18-12-17(28-13-14-4-2-1-3-5-14)10-11-19(18)22-21-15-6-8-16(9-7-15)23(26)27/h1-12,24-25H,13H2. The van der Waals surface area contributed by atoms with Gasteiger partial charge in [0.2, 0.25) is 0 Å². The minimum atomic E-state index is -1.76. The van der Waals surface area contributed by atoms with Crippen LogP contribution in [0.2, 0.25) is 0 Å². The maximum Gasteiger partial charge on any atom is 0.490 e. The van der Waals surface area contributed by atoms with Crippen LogP contribution < -0.4 is 10.2 Å². The van der Waals surface area contributed by atoms with Crippen LogP contribution >= 0.6 is 0 Å². The first-order valence-corrected chi connectivity index (χ1v) is 8.36. The van der Waals surface area contributed by atoms with Gasteiger partial charge in [-0.15, -0.1) is 0 Å². The predicted octanol–water partition coefficient (Wildman–Crippen LogP) is 3.27. The largest absolute Gasteiger partial charge is 0.490 e. The van der Waals surface area contributed by atoms with Crippen molar-refractivity contribution in [2.75, 3.05) is 0 Å². The predicted molar refractivity (Wildman–Crippen MR) is 104 cm³/mol. The molecule has 0 aliphatic rings. The Morgan fingerprint density at radius 3 is 2.32 bits per heavy atom. The van der Waals surface area contributed by atoms with Crippen molar-refractivity contribution in [2.24, 2.45) is 10.2 Å². The molecule has 0 radical (unpaired) electrons. The fraction of sp³-hybridized carbons (Fsp3) is 0.0526. The Bertz CT molecular complexity index is 979. The Hall–Kier alpha value is -3.56. The number of ether oxygens (including phenoxy) is 1. The van der Waals surface area contributed by atoms with E-state index in [0.717, 1.165) is 5.56 Å². The second kappa shape index (κ2) is 8.89. The van der Waals surface area contributed by atoms with E-state index < -0.39 is 12.0 Å². The second-order valence-electron chi connectivity index (χ2n) is 5.84. The van der Waals surface area contributed by atoms with E-state index in [4.69, 9.17) is 4.74 Å². The summed E-state index contributed by atoms with van der Waals surface area (Å²) in [4.78, 5) is 10.2. The van der Waals surface area contributed by atoms with Crippen LogP contribution in [0.15, 0.2) is 83.0 Å². The van der Waals surface area contributed by atoms with Crippen molar-refractivity contribution in [3.63, 3.8) is 0 Å². The molecule has 0 aliphatic carbocycles. The quantitative estimate of drug-likeness (QED) is 0.284. The highest BCUT2D eigenvalue weighted by Gasteiger charge is 2.17. The van der Waals surface area contributed by atoms with Gasteiger partial charge in [0.1, 0.15) is 12.4 Å². The van der Waals surface area contributed by atoms with Gasteiger partial charge < -0.3 is 14.8 Å². The van der Waals surface area contributed by atoms with Crippen LogP contribution in [-0.4, -0.2) is 22.1 Å². The van der Waals surface area contributed by atoms with E-state index in [0.29, 0.717) is 18.0 Å². The number of nitro benzene ring substituents is 1. The average molecular weight is 377 g/mol. The molecule has 0 unspecified atom stereocenters. The third-order valence-corrected chi connectivity index (χ3v) is 3.86. The summed E-state index contributed by atoms with van der Waals surface area (Å²) in [6.45, 7) is 0.339. The number of azo groups is 1. The first-order chi connectivity index (χ1) is 13.5. The third kappa shape index (κ3) is 5.00. The molecular weight excluding hydrogens is 361 g/mol. The molecule has 0 fully saturated rings. The normalized spacial score (nSPS) is 10.8. The lowest BCUT2D eigenvalue weighted by atomic mass is 9.79. The van der Waals surface area contributed by atoms with E-state index in [1.165, 1.54) is 30.3 Å². The Morgan fingerprint density at radius 1 is 0.964 bits per heavy atom. The zero-order chi connectivity index (χ0) is 19.9. The molecule has 0 aromatic heterocycles. The van der Waals surface area contributed by atoms with Crippen molar-refractivity contribution < 1.29 is 19.7 Å². The summed E-state index contributed by atoms with van der Waals surface area (Å²) >= 11 is 0. The zero-order valence-electron chi connectivity index (χ0n) is 14.7. The van der Waals surface area contributed by atoms with Crippen molar-refractivity contribution in [2.45, 2.75) is 6.61 Å². The lowest BCUT2D eigenvalue weighted by Gasteiger charge is -2.10. The second-order valence-corrected chi connectivity index (χ2v) is 5.84. The van der Waals surface area contributed by atoms with Crippen molar-refractivity contribution in [3.05, 3.63) is 88.5 Å². The molecule has 0 atom stereocenters. The summed E-state index contributed by atoms with van der Waals surface area (Å²) in [5.41, 5.74) is 1.71. The summed E-state index contributed by atoms with van der Waals surface area (Å²) in [6, 6.07) is 19.8. The van der Waals surface area contributed by atoms with Crippen LogP contribution in [0.4, 0.5) is 17.1 Å². The summed E-state index contributed by atoms with van der Waals surface area (Å²) < 4.78 is 5.68. The number of nitro groups is 1. The topological polar surface area (TPSA) is 118 Å². The summed E-state index contributed by atoms with van der Waals surface area (Å²) in [7, 11) is -1.76. The number of rotatable bonds is 7. The van der Waals surface area contributed by atoms with E-state index in [9.17, 15) is 20.2 Å². The van der Waals surface area contributed by atoms with Gasteiger partial charge in [-0.05, 0) is 35.9 Å². The van der Waals surface area contributed by atoms with Crippen molar-refractivity contribution in [3.8, 4) is 5.75 Å². The number of nitrogens with zero attached hydrogens (tertiary/aromatic N) is 3. The number of hydrogen-bond donors (Lipinski definition) is 2. The number of hydrogen-bond acceptors (Lipinski definition) is 7. The van der Waals surface area contributed by atoms with E-state index in [1.54, 1.807) is 12.1 Å². The van der Waals surface area contributed by atoms with Gasteiger partial charge in [0.25, 0.3) is 5.69 Å². The number of benzene rings is 3. The van der Waals surface area contributed by atoms with Crippen LogP contribution in [0, 0.1) is 10.1 Å². The third-order valence-electron chi connectivity index (χ3n) is 3.86. The first-order valence-electron chi connectivity index (χ1n) is 8.36. The molecular formula is C19H16BN3O5. The van der Waals surface area contributed by atoms with Crippen LogP contribution in [0.3, 0.4) is 0 Å². The van der Waals surface area contributed by atoms with Crippen LogP contribution in [0.25, 0.3) is 0 Å². The van der Waals surface area contributed by atoms with Gasteiger partial charge in [-0.3, -0.25) is 10.1 Å². The van der Waals surface area contributed by atoms with E-state index in [-0.39, 0.29) is 16.8 Å². The molecule has 0 bridgehead atoms.